The van der Waals surface area contributed by atoms with Gasteiger partial charge in [-0.2, -0.15) is 0 Å². The number of piperidine rings is 1. The Hall–Kier alpha value is -0.0800. The van der Waals surface area contributed by atoms with Gasteiger partial charge in [0, 0.05) is 32.7 Å². The summed E-state index contributed by atoms with van der Waals surface area (Å²) < 4.78 is 0. The zero-order chi connectivity index (χ0) is 17.7. The van der Waals surface area contributed by atoms with Gasteiger partial charge in [0.25, 0.3) is 0 Å². The van der Waals surface area contributed by atoms with Crippen molar-refractivity contribution >= 4 is 29.9 Å². The molecule has 0 aromatic rings. The summed E-state index contributed by atoms with van der Waals surface area (Å²) in [5.41, 5.74) is 0. The Labute approximate surface area is 177 Å². The maximum Gasteiger partial charge on any atom is 0.191 e. The fraction of sp³-hybridized carbons (Fsp3) is 0.950. The molecule has 2 fully saturated rings. The number of nitrogens with one attached hydrogen (secondary N) is 2. The van der Waals surface area contributed by atoms with Crippen molar-refractivity contribution in [2.24, 2.45) is 10.9 Å². The molecule has 2 aliphatic rings. The lowest BCUT2D eigenvalue weighted by Gasteiger charge is -2.29. The first-order valence-electron chi connectivity index (χ1n) is 10.7. The van der Waals surface area contributed by atoms with E-state index in [4.69, 9.17) is 4.99 Å². The van der Waals surface area contributed by atoms with Crippen molar-refractivity contribution < 1.29 is 5.11 Å². The fourth-order valence-corrected chi connectivity index (χ4v) is 4.03. The third-order valence-electron chi connectivity index (χ3n) is 5.61. The highest BCUT2D eigenvalue weighted by Gasteiger charge is 2.16. The molecule has 26 heavy (non-hydrogen) atoms. The fourth-order valence-electron chi connectivity index (χ4n) is 4.03. The molecular weight excluding hydrogens is 439 g/mol. The van der Waals surface area contributed by atoms with Crippen LogP contribution in [-0.2, 0) is 0 Å². The van der Waals surface area contributed by atoms with Gasteiger partial charge in [0.2, 0.25) is 0 Å². The Morgan fingerprint density at radius 1 is 1.04 bits per heavy atom. The number of aliphatic hydroxyl groups is 1. The predicted octanol–water partition coefficient (Wildman–Crippen LogP) is 3.37. The van der Waals surface area contributed by atoms with E-state index in [9.17, 15) is 5.11 Å². The Morgan fingerprint density at radius 2 is 1.77 bits per heavy atom. The van der Waals surface area contributed by atoms with E-state index in [1.54, 1.807) is 0 Å². The highest BCUT2D eigenvalue weighted by Crippen LogP contribution is 2.28. The van der Waals surface area contributed by atoms with Crippen LogP contribution in [0.2, 0.25) is 0 Å². The summed E-state index contributed by atoms with van der Waals surface area (Å²) in [6.45, 7) is 8.10. The van der Waals surface area contributed by atoms with Crippen molar-refractivity contribution in [1.29, 1.82) is 0 Å². The molecule has 1 aliphatic carbocycles. The quantitative estimate of drug-likeness (QED) is 0.194. The lowest BCUT2D eigenvalue weighted by molar-refractivity contribution is 0.0824. The van der Waals surface area contributed by atoms with Gasteiger partial charge in [0.1, 0.15) is 0 Å². The van der Waals surface area contributed by atoms with Crippen LogP contribution in [0, 0.1) is 5.92 Å². The van der Waals surface area contributed by atoms with Crippen molar-refractivity contribution in [2.75, 3.05) is 39.3 Å². The van der Waals surface area contributed by atoms with Gasteiger partial charge >= 0.3 is 0 Å². The number of guanidine groups is 1. The Bertz CT molecular complexity index is 367. The van der Waals surface area contributed by atoms with Crippen molar-refractivity contribution in [3.8, 4) is 0 Å². The van der Waals surface area contributed by atoms with Crippen molar-refractivity contribution in [3.63, 3.8) is 0 Å². The second-order valence-corrected chi connectivity index (χ2v) is 7.76. The van der Waals surface area contributed by atoms with Crippen molar-refractivity contribution in [2.45, 2.75) is 77.2 Å². The third kappa shape index (κ3) is 10.3. The minimum absolute atomic E-state index is 0. The summed E-state index contributed by atoms with van der Waals surface area (Å²) in [6, 6.07) is 0. The number of likely N-dealkylation sites (tertiary alicyclic amines) is 1. The van der Waals surface area contributed by atoms with E-state index >= 15 is 0 Å². The van der Waals surface area contributed by atoms with Gasteiger partial charge in [0.15, 0.2) is 5.96 Å². The molecular formula is C20H41IN4O. The minimum atomic E-state index is -0.0764. The summed E-state index contributed by atoms with van der Waals surface area (Å²) in [5, 5.41) is 16.4. The smallest absolute Gasteiger partial charge is 0.191 e. The van der Waals surface area contributed by atoms with Crippen LogP contribution in [-0.4, -0.2) is 61.3 Å². The van der Waals surface area contributed by atoms with E-state index in [0.717, 1.165) is 70.4 Å². The summed E-state index contributed by atoms with van der Waals surface area (Å²) >= 11 is 0. The van der Waals surface area contributed by atoms with Gasteiger partial charge < -0.3 is 20.6 Å². The van der Waals surface area contributed by atoms with Crippen LogP contribution in [0.25, 0.3) is 0 Å². The molecule has 2 rings (SSSR count). The molecule has 1 saturated carbocycles. The predicted molar refractivity (Wildman–Crippen MR) is 122 cm³/mol. The van der Waals surface area contributed by atoms with Gasteiger partial charge in [-0.15, -0.1) is 24.0 Å². The molecule has 0 radical (unpaired) electrons. The van der Waals surface area contributed by atoms with E-state index in [2.05, 4.69) is 22.5 Å². The summed E-state index contributed by atoms with van der Waals surface area (Å²) in [4.78, 5) is 7.16. The lowest BCUT2D eigenvalue weighted by atomic mass is 10.0. The largest absolute Gasteiger partial charge is 0.393 e. The van der Waals surface area contributed by atoms with Crippen molar-refractivity contribution in [1.82, 2.24) is 15.5 Å². The summed E-state index contributed by atoms with van der Waals surface area (Å²) in [7, 11) is 0. The highest BCUT2D eigenvalue weighted by molar-refractivity contribution is 14.0. The number of aliphatic hydroxyl groups excluding tert-OH is 1. The second-order valence-electron chi connectivity index (χ2n) is 7.76. The number of rotatable bonds is 10. The molecule has 6 heteroatoms. The van der Waals surface area contributed by atoms with E-state index in [0.29, 0.717) is 0 Å². The number of aliphatic imine (C=N–C) groups is 1. The molecule has 0 aromatic carbocycles. The topological polar surface area (TPSA) is 59.9 Å². The Morgan fingerprint density at radius 3 is 2.46 bits per heavy atom. The van der Waals surface area contributed by atoms with Gasteiger partial charge in [-0.1, -0.05) is 38.5 Å². The maximum atomic E-state index is 9.55. The zero-order valence-electron chi connectivity index (χ0n) is 16.7. The monoisotopic (exact) mass is 480 g/mol. The Balaban J connectivity index is 0.00000338. The first kappa shape index (κ1) is 24.0. The highest BCUT2D eigenvalue weighted by atomic mass is 127. The van der Waals surface area contributed by atoms with E-state index in [-0.39, 0.29) is 30.1 Å². The Kier molecular flexibility index (Phi) is 13.7. The number of halogens is 1. The molecule has 0 unspecified atom stereocenters. The lowest BCUT2D eigenvalue weighted by Crippen LogP contribution is -2.38. The van der Waals surface area contributed by atoms with Gasteiger partial charge in [-0.3, -0.25) is 4.99 Å². The van der Waals surface area contributed by atoms with Crippen LogP contribution in [0.4, 0.5) is 0 Å². The summed E-state index contributed by atoms with van der Waals surface area (Å²) in [6.07, 6.45) is 12.7. The molecule has 1 saturated heterocycles. The molecule has 154 valence electrons. The molecule has 3 N–H and O–H groups in total. The van der Waals surface area contributed by atoms with Crippen LogP contribution < -0.4 is 10.6 Å². The van der Waals surface area contributed by atoms with Gasteiger partial charge in [-0.05, 0) is 45.1 Å². The molecule has 5 nitrogen and oxygen atoms in total. The second kappa shape index (κ2) is 14.9. The first-order valence-corrected chi connectivity index (χ1v) is 10.7. The standard InChI is InChI=1S/C20H40N4O.HI/c1-2-21-20(22-13-6-5-10-18-8-3-4-9-18)23-14-7-15-24-16-11-19(25)12-17-24;/h18-19,25H,2-17H2,1H3,(H2,21,22,23);1H. The normalized spacial score (nSPS) is 20.2. The minimum Gasteiger partial charge on any atom is -0.393 e. The van der Waals surface area contributed by atoms with Crippen LogP contribution in [0.5, 0.6) is 0 Å². The van der Waals surface area contributed by atoms with Gasteiger partial charge in [-0.25, -0.2) is 0 Å². The first-order chi connectivity index (χ1) is 12.3. The molecule has 0 bridgehead atoms. The molecule has 1 heterocycles. The third-order valence-corrected chi connectivity index (χ3v) is 5.61. The number of nitrogens with zero attached hydrogens (tertiary/aromatic N) is 2. The van der Waals surface area contributed by atoms with E-state index in [1.807, 2.05) is 0 Å². The van der Waals surface area contributed by atoms with E-state index in [1.165, 1.54) is 44.9 Å². The molecule has 1 aliphatic heterocycles. The van der Waals surface area contributed by atoms with Crippen LogP contribution in [0.3, 0.4) is 0 Å². The van der Waals surface area contributed by atoms with E-state index < -0.39 is 0 Å². The molecule has 0 amide bonds. The average Bonchev–Trinajstić information content (AvgIpc) is 3.13. The van der Waals surface area contributed by atoms with Crippen LogP contribution >= 0.6 is 24.0 Å². The summed E-state index contributed by atoms with van der Waals surface area (Å²) in [5.74, 6) is 1.98. The number of unbranched alkanes of at least 4 members (excludes halogenated alkanes) is 1. The van der Waals surface area contributed by atoms with Gasteiger partial charge in [0.05, 0.1) is 6.10 Å². The maximum absolute atomic E-state index is 9.55. The number of hydrogen-bond acceptors (Lipinski definition) is 3. The van der Waals surface area contributed by atoms with Crippen LogP contribution in [0.1, 0.15) is 71.1 Å². The van der Waals surface area contributed by atoms with Crippen molar-refractivity contribution in [3.05, 3.63) is 0 Å². The molecule has 0 spiro atoms. The van der Waals surface area contributed by atoms with Crippen LogP contribution in [0.15, 0.2) is 4.99 Å². The zero-order valence-corrected chi connectivity index (χ0v) is 19.0. The SMILES string of the molecule is CCNC(=NCCCN1CCC(O)CC1)NCCCCC1CCCC1.I. The average molecular weight is 480 g/mol. The molecule has 0 atom stereocenters. The number of hydrogen-bond donors (Lipinski definition) is 3. The molecule has 0 aromatic heterocycles.